The fourth-order valence-corrected chi connectivity index (χ4v) is 8.00. The van der Waals surface area contributed by atoms with Crippen LogP contribution in [-0.2, 0) is 19.0 Å². The molecule has 0 spiro atoms. The molecule has 1 atom stereocenters. The fraction of sp³-hybridized carbons (Fsp3) is 0.676. The largest absolute Gasteiger partial charge is 0.450 e. The van der Waals surface area contributed by atoms with Gasteiger partial charge >= 0.3 is 10.1 Å². The highest BCUT2D eigenvalue weighted by atomic mass is 32.2. The molecule has 2 aromatic carbocycles. The van der Waals surface area contributed by atoms with Gasteiger partial charge in [0.1, 0.15) is 5.75 Å². The molecule has 0 saturated heterocycles. The Morgan fingerprint density at radius 3 is 1.79 bits per heavy atom. The van der Waals surface area contributed by atoms with Crippen LogP contribution in [0.25, 0.3) is 0 Å². The van der Waals surface area contributed by atoms with E-state index in [4.69, 9.17) is 13.7 Å². The van der Waals surface area contributed by atoms with E-state index in [2.05, 4.69) is 26.0 Å². The van der Waals surface area contributed by atoms with Crippen LogP contribution in [0, 0.1) is 23.3 Å². The molecular formula is C37H52F4O5S. The van der Waals surface area contributed by atoms with E-state index < -0.39 is 56.2 Å². The van der Waals surface area contributed by atoms with Crippen LogP contribution in [0.3, 0.4) is 0 Å². The molecule has 4 rings (SSSR count). The summed E-state index contributed by atoms with van der Waals surface area (Å²) in [5.74, 6) is -8.63. The summed E-state index contributed by atoms with van der Waals surface area (Å²) in [6.45, 7) is 7.18. The van der Waals surface area contributed by atoms with Crippen molar-refractivity contribution >= 4 is 10.1 Å². The molecule has 0 heterocycles. The highest BCUT2D eigenvalue weighted by Crippen LogP contribution is 2.49. The summed E-state index contributed by atoms with van der Waals surface area (Å²) in [6.07, 6.45) is 14.0. The first-order valence-electron chi connectivity index (χ1n) is 17.5. The van der Waals surface area contributed by atoms with Crippen molar-refractivity contribution in [3.63, 3.8) is 0 Å². The minimum atomic E-state index is -5.20. The summed E-state index contributed by atoms with van der Waals surface area (Å²) < 4.78 is 104. The maximum Gasteiger partial charge on any atom is 0.303 e. The van der Waals surface area contributed by atoms with E-state index in [9.17, 15) is 8.42 Å². The van der Waals surface area contributed by atoms with E-state index in [1.165, 1.54) is 7.11 Å². The highest BCUT2D eigenvalue weighted by molar-refractivity contribution is 7.86. The van der Waals surface area contributed by atoms with Crippen LogP contribution in [-0.4, -0.2) is 27.7 Å². The number of hydrogen-bond acceptors (Lipinski definition) is 5. The van der Waals surface area contributed by atoms with Crippen molar-refractivity contribution in [3.05, 3.63) is 52.1 Å². The van der Waals surface area contributed by atoms with Crippen molar-refractivity contribution in [2.24, 2.45) is 0 Å². The molecule has 2 fully saturated rings. The maximum atomic E-state index is 15.8. The molecule has 2 aromatic rings. The quantitative estimate of drug-likeness (QED) is 0.0809. The lowest BCUT2D eigenvalue weighted by Crippen LogP contribution is -2.25. The summed E-state index contributed by atoms with van der Waals surface area (Å²) in [5, 5.41) is 0. The molecule has 0 aromatic heterocycles. The van der Waals surface area contributed by atoms with Gasteiger partial charge in [-0.15, -0.1) is 0 Å². The first-order valence-corrected chi connectivity index (χ1v) is 18.9. The van der Waals surface area contributed by atoms with Gasteiger partial charge in [0, 0.05) is 13.5 Å². The van der Waals surface area contributed by atoms with E-state index in [1.807, 2.05) is 0 Å². The Bertz CT molecular complexity index is 1400. The number of hydrogen-bond donors (Lipinski definition) is 0. The molecule has 0 N–H and O–H groups in total. The molecule has 0 aliphatic heterocycles. The lowest BCUT2D eigenvalue weighted by molar-refractivity contribution is 0.00605. The summed E-state index contributed by atoms with van der Waals surface area (Å²) in [6, 6.07) is 4.15. The summed E-state index contributed by atoms with van der Waals surface area (Å²) >= 11 is 0. The zero-order chi connectivity index (χ0) is 34.4. The van der Waals surface area contributed by atoms with Gasteiger partial charge in [-0.2, -0.15) is 17.2 Å². The average molecular weight is 685 g/mol. The van der Waals surface area contributed by atoms with Gasteiger partial charge in [0.15, 0.2) is 16.5 Å². The minimum Gasteiger partial charge on any atom is -0.450 e. The number of unbranched alkanes of at least 4 members (excludes halogenated alkanes) is 2. The van der Waals surface area contributed by atoms with Crippen molar-refractivity contribution in [1.82, 2.24) is 0 Å². The molecule has 0 bridgehead atoms. The van der Waals surface area contributed by atoms with Crippen molar-refractivity contribution in [2.45, 2.75) is 152 Å². The second-order valence-electron chi connectivity index (χ2n) is 14.1. The second kappa shape index (κ2) is 16.5. The molecular weight excluding hydrogens is 632 g/mol. The smallest absolute Gasteiger partial charge is 0.303 e. The monoisotopic (exact) mass is 684 g/mol. The third kappa shape index (κ3) is 9.09. The number of methoxy groups -OCH3 is 1. The van der Waals surface area contributed by atoms with Gasteiger partial charge in [-0.1, -0.05) is 83.8 Å². The molecule has 0 amide bonds. The normalized spacial score (nSPS) is 17.6. The lowest BCUT2D eigenvalue weighted by atomic mass is 9.77. The summed E-state index contributed by atoms with van der Waals surface area (Å²) in [4.78, 5) is -1.81. The average Bonchev–Trinajstić information content (AvgIpc) is 3.06. The van der Waals surface area contributed by atoms with Crippen LogP contribution in [0.15, 0.2) is 17.0 Å². The Labute approximate surface area is 278 Å². The third-order valence-corrected chi connectivity index (χ3v) is 11.5. The zero-order valence-electron chi connectivity index (χ0n) is 28.7. The molecule has 2 aliphatic carbocycles. The van der Waals surface area contributed by atoms with Crippen molar-refractivity contribution < 1.29 is 39.6 Å². The Morgan fingerprint density at radius 2 is 1.32 bits per heavy atom. The van der Waals surface area contributed by atoms with E-state index in [0.717, 1.165) is 107 Å². The number of ether oxygens (including phenoxy) is 2. The van der Waals surface area contributed by atoms with E-state index in [-0.39, 0.29) is 29.9 Å². The van der Waals surface area contributed by atoms with Crippen LogP contribution < -0.4 is 4.74 Å². The van der Waals surface area contributed by atoms with Crippen LogP contribution in [0.5, 0.6) is 11.5 Å². The topological polar surface area (TPSA) is 61.8 Å². The molecule has 10 heteroatoms. The lowest BCUT2D eigenvalue weighted by Gasteiger charge is -2.31. The standard InChI is InChI=1S/C37H52F4O5S/c1-6-7-10-15-24(2)27-22-28(25-16-11-8-12-17-25)34(29(23-27)26-18-13-9-14-19-26)46-35-30(38)32(40)36(33(41)31(35)39)47(42,43)45-21-20-37(3,4)44-5/h22-26H,6-21H2,1-5H3. The Hall–Kier alpha value is -2.17. The summed E-state index contributed by atoms with van der Waals surface area (Å²) in [7, 11) is -3.79. The van der Waals surface area contributed by atoms with Gasteiger partial charge in [-0.3, -0.25) is 4.18 Å². The van der Waals surface area contributed by atoms with Gasteiger partial charge in [-0.05, 0) is 80.4 Å². The number of halogens is 4. The first-order chi connectivity index (χ1) is 22.3. The fourth-order valence-electron chi connectivity index (χ4n) is 6.96. The number of benzene rings is 2. The molecule has 5 nitrogen and oxygen atoms in total. The van der Waals surface area contributed by atoms with Gasteiger partial charge < -0.3 is 9.47 Å². The third-order valence-electron chi connectivity index (χ3n) is 10.2. The highest BCUT2D eigenvalue weighted by Gasteiger charge is 2.37. The van der Waals surface area contributed by atoms with E-state index >= 15 is 17.6 Å². The molecule has 47 heavy (non-hydrogen) atoms. The van der Waals surface area contributed by atoms with Crippen LogP contribution in [0.4, 0.5) is 17.6 Å². The van der Waals surface area contributed by atoms with Crippen LogP contribution in [0.2, 0.25) is 0 Å². The van der Waals surface area contributed by atoms with Crippen LogP contribution >= 0.6 is 0 Å². The van der Waals surface area contributed by atoms with Gasteiger partial charge in [-0.25, -0.2) is 8.78 Å². The zero-order valence-corrected chi connectivity index (χ0v) is 29.5. The molecule has 264 valence electrons. The van der Waals surface area contributed by atoms with Gasteiger partial charge in [0.25, 0.3) is 0 Å². The SMILES string of the molecule is CCCCCC(C)c1cc(C2CCCCC2)c(Oc2c(F)c(F)c(S(=O)(=O)OCCC(C)(C)OC)c(F)c2F)c(C2CCCCC2)c1. The van der Waals surface area contributed by atoms with E-state index in [0.29, 0.717) is 0 Å². The number of rotatable bonds is 15. The first kappa shape index (κ1) is 37.6. The predicted molar refractivity (Wildman–Crippen MR) is 176 cm³/mol. The molecule has 0 radical (unpaired) electrons. The van der Waals surface area contributed by atoms with Crippen molar-refractivity contribution in [2.75, 3.05) is 13.7 Å². The molecule has 2 aliphatic rings. The molecule has 2 saturated carbocycles. The summed E-state index contributed by atoms with van der Waals surface area (Å²) in [5.41, 5.74) is 1.97. The second-order valence-corrected chi connectivity index (χ2v) is 15.7. The maximum absolute atomic E-state index is 15.8. The Kier molecular flexibility index (Phi) is 13.2. The van der Waals surface area contributed by atoms with Crippen LogP contribution in [0.1, 0.15) is 158 Å². The van der Waals surface area contributed by atoms with Crippen molar-refractivity contribution in [3.8, 4) is 11.5 Å². The predicted octanol–water partition coefficient (Wildman–Crippen LogP) is 11.3. The van der Waals surface area contributed by atoms with Gasteiger partial charge in [0.2, 0.25) is 17.4 Å². The van der Waals surface area contributed by atoms with Crippen molar-refractivity contribution in [1.29, 1.82) is 0 Å². The molecule has 1 unspecified atom stereocenters. The Balaban J connectivity index is 1.81. The minimum absolute atomic E-state index is 0.0409. The van der Waals surface area contributed by atoms with Gasteiger partial charge in [0.05, 0.1) is 12.2 Å². The Morgan fingerprint density at radius 1 is 0.809 bits per heavy atom. The van der Waals surface area contributed by atoms with E-state index in [1.54, 1.807) is 13.8 Å².